The van der Waals surface area contributed by atoms with Gasteiger partial charge in [-0.25, -0.2) is 4.98 Å². The van der Waals surface area contributed by atoms with Crippen LogP contribution in [0.2, 0.25) is 0 Å². The summed E-state index contributed by atoms with van der Waals surface area (Å²) in [4.78, 5) is 16.8. The highest BCUT2D eigenvalue weighted by Crippen LogP contribution is 2.31. The number of nitrogen functional groups attached to an aromatic ring is 2. The van der Waals surface area contributed by atoms with Crippen LogP contribution in [0.3, 0.4) is 0 Å². The molecule has 0 fully saturated rings. The SMILES string of the molecule is Cc1ccc(NC(=O)c2cccc(C(F)(F)F)c2)cc1-c1cc(C)c(C(=N)N)c(N)n1. The van der Waals surface area contributed by atoms with Gasteiger partial charge in [0.25, 0.3) is 5.91 Å². The van der Waals surface area contributed by atoms with Crippen LogP contribution in [-0.4, -0.2) is 16.7 Å². The molecule has 160 valence electrons. The van der Waals surface area contributed by atoms with Gasteiger partial charge in [0.1, 0.15) is 11.7 Å². The number of amidine groups is 1. The number of anilines is 2. The lowest BCUT2D eigenvalue weighted by Crippen LogP contribution is -2.16. The average molecular weight is 427 g/mol. The second-order valence-electron chi connectivity index (χ2n) is 7.06. The monoisotopic (exact) mass is 427 g/mol. The number of aromatic nitrogens is 1. The molecule has 0 saturated heterocycles. The first kappa shape index (κ1) is 21.8. The van der Waals surface area contributed by atoms with Crippen LogP contribution in [0.5, 0.6) is 0 Å². The fourth-order valence-corrected chi connectivity index (χ4v) is 3.20. The van der Waals surface area contributed by atoms with Gasteiger partial charge in [-0.2, -0.15) is 13.2 Å². The molecule has 0 atom stereocenters. The molecule has 0 aliphatic rings. The maximum atomic E-state index is 12.9. The average Bonchev–Trinajstić information content (AvgIpc) is 2.68. The van der Waals surface area contributed by atoms with Crippen molar-refractivity contribution < 1.29 is 18.0 Å². The number of nitrogens with one attached hydrogen (secondary N) is 2. The van der Waals surface area contributed by atoms with Gasteiger partial charge in [-0.3, -0.25) is 10.2 Å². The van der Waals surface area contributed by atoms with Crippen molar-refractivity contribution in [2.45, 2.75) is 20.0 Å². The van der Waals surface area contributed by atoms with Gasteiger partial charge >= 0.3 is 6.18 Å². The lowest BCUT2D eigenvalue weighted by molar-refractivity contribution is -0.137. The molecule has 3 aromatic rings. The van der Waals surface area contributed by atoms with Crippen molar-refractivity contribution in [3.05, 3.63) is 76.3 Å². The minimum atomic E-state index is -4.54. The van der Waals surface area contributed by atoms with E-state index in [4.69, 9.17) is 16.9 Å². The maximum absolute atomic E-state index is 12.9. The minimum Gasteiger partial charge on any atom is -0.384 e. The highest BCUT2D eigenvalue weighted by atomic mass is 19.4. The maximum Gasteiger partial charge on any atom is 0.416 e. The lowest BCUT2D eigenvalue weighted by Gasteiger charge is -2.14. The molecule has 0 aliphatic heterocycles. The molecule has 0 bridgehead atoms. The summed E-state index contributed by atoms with van der Waals surface area (Å²) in [6.45, 7) is 3.60. The van der Waals surface area contributed by atoms with E-state index in [2.05, 4.69) is 10.3 Å². The van der Waals surface area contributed by atoms with Gasteiger partial charge in [0.05, 0.1) is 16.8 Å². The molecule has 0 radical (unpaired) electrons. The van der Waals surface area contributed by atoms with Gasteiger partial charge in [-0.1, -0.05) is 12.1 Å². The summed E-state index contributed by atoms with van der Waals surface area (Å²) in [6, 6.07) is 11.0. The van der Waals surface area contributed by atoms with E-state index in [0.717, 1.165) is 17.7 Å². The van der Waals surface area contributed by atoms with Gasteiger partial charge in [0.15, 0.2) is 0 Å². The Morgan fingerprint density at radius 3 is 2.39 bits per heavy atom. The highest BCUT2D eigenvalue weighted by Gasteiger charge is 2.30. The molecule has 6 nitrogen and oxygen atoms in total. The second kappa shape index (κ2) is 8.10. The number of benzene rings is 2. The Hall–Kier alpha value is -3.88. The Kier molecular flexibility index (Phi) is 5.70. The number of carbonyl (C=O) groups is 1. The molecule has 9 heteroatoms. The van der Waals surface area contributed by atoms with E-state index >= 15 is 0 Å². The van der Waals surface area contributed by atoms with Crippen LogP contribution in [0.4, 0.5) is 24.7 Å². The second-order valence-corrected chi connectivity index (χ2v) is 7.06. The summed E-state index contributed by atoms with van der Waals surface area (Å²) in [7, 11) is 0. The topological polar surface area (TPSA) is 118 Å². The molecule has 0 unspecified atom stereocenters. The van der Waals surface area contributed by atoms with Gasteiger partial charge in [-0.05, 0) is 61.4 Å². The molecule has 2 aromatic carbocycles. The minimum absolute atomic E-state index is 0.110. The largest absolute Gasteiger partial charge is 0.416 e. The number of nitrogens with two attached hydrogens (primary N) is 2. The first-order valence-corrected chi connectivity index (χ1v) is 9.18. The van der Waals surface area contributed by atoms with Gasteiger partial charge in [0.2, 0.25) is 0 Å². The van der Waals surface area contributed by atoms with Gasteiger partial charge in [-0.15, -0.1) is 0 Å². The molecule has 1 heterocycles. The molecule has 3 rings (SSSR count). The number of nitrogens with zero attached hydrogens (tertiary/aromatic N) is 1. The van der Waals surface area contributed by atoms with Crippen LogP contribution < -0.4 is 16.8 Å². The summed E-state index contributed by atoms with van der Waals surface area (Å²) in [6.07, 6.45) is -4.54. The fraction of sp³-hybridized carbons (Fsp3) is 0.136. The number of aryl methyl sites for hydroxylation is 2. The third-order valence-corrected chi connectivity index (χ3v) is 4.74. The molecule has 1 aromatic heterocycles. The number of pyridine rings is 1. The van der Waals surface area contributed by atoms with E-state index in [0.29, 0.717) is 28.1 Å². The van der Waals surface area contributed by atoms with Crippen molar-refractivity contribution in [1.82, 2.24) is 4.98 Å². The zero-order valence-electron chi connectivity index (χ0n) is 16.8. The van der Waals surface area contributed by atoms with Gasteiger partial charge < -0.3 is 16.8 Å². The fourth-order valence-electron chi connectivity index (χ4n) is 3.20. The van der Waals surface area contributed by atoms with Crippen LogP contribution in [0.15, 0.2) is 48.5 Å². The van der Waals surface area contributed by atoms with Crippen molar-refractivity contribution in [2.75, 3.05) is 11.1 Å². The van der Waals surface area contributed by atoms with E-state index < -0.39 is 17.6 Å². The Balaban J connectivity index is 1.94. The Morgan fingerprint density at radius 2 is 1.77 bits per heavy atom. The summed E-state index contributed by atoms with van der Waals surface area (Å²) >= 11 is 0. The van der Waals surface area contributed by atoms with Crippen molar-refractivity contribution >= 4 is 23.2 Å². The predicted molar refractivity (Wildman–Crippen MR) is 114 cm³/mol. The molecular formula is C22H20F3N5O. The number of rotatable bonds is 4. The number of hydrogen-bond donors (Lipinski definition) is 4. The van der Waals surface area contributed by atoms with Crippen molar-refractivity contribution in [3.63, 3.8) is 0 Å². The molecule has 0 aliphatic carbocycles. The van der Waals surface area contributed by atoms with Crippen LogP contribution in [-0.2, 0) is 6.18 Å². The zero-order chi connectivity index (χ0) is 22.9. The summed E-state index contributed by atoms with van der Waals surface area (Å²) < 4.78 is 38.8. The van der Waals surface area contributed by atoms with E-state index in [9.17, 15) is 18.0 Å². The first-order valence-electron chi connectivity index (χ1n) is 9.18. The molecular weight excluding hydrogens is 407 g/mol. The Labute approximate surface area is 176 Å². The van der Waals surface area contributed by atoms with Crippen molar-refractivity contribution in [2.24, 2.45) is 5.73 Å². The quantitative estimate of drug-likeness (QED) is 0.362. The summed E-state index contributed by atoms with van der Waals surface area (Å²) in [5.74, 6) is -0.746. The smallest absolute Gasteiger partial charge is 0.384 e. The van der Waals surface area contributed by atoms with Crippen LogP contribution in [0.25, 0.3) is 11.3 Å². The van der Waals surface area contributed by atoms with Crippen LogP contribution in [0.1, 0.15) is 32.6 Å². The standard InChI is InChI=1S/C22H20F3N5O/c1-11-6-7-15(29-21(31)13-4-3-5-14(9-13)22(23,24)25)10-16(11)17-8-12(2)18(19(26)27)20(28)30-17/h3-10H,1-2H3,(H3,26,27)(H2,28,30)(H,29,31). The lowest BCUT2D eigenvalue weighted by atomic mass is 10.0. The third-order valence-electron chi connectivity index (χ3n) is 4.74. The van der Waals surface area contributed by atoms with E-state index in [1.165, 1.54) is 12.1 Å². The van der Waals surface area contributed by atoms with E-state index in [1.807, 2.05) is 6.92 Å². The Morgan fingerprint density at radius 1 is 1.06 bits per heavy atom. The van der Waals surface area contributed by atoms with E-state index in [-0.39, 0.29) is 17.2 Å². The number of amides is 1. The molecule has 0 spiro atoms. The molecule has 0 saturated carbocycles. The predicted octanol–water partition coefficient (Wildman–Crippen LogP) is 4.50. The first-order chi connectivity index (χ1) is 14.5. The number of carbonyl (C=O) groups excluding carboxylic acids is 1. The van der Waals surface area contributed by atoms with Crippen LogP contribution >= 0.6 is 0 Å². The molecule has 31 heavy (non-hydrogen) atoms. The summed E-state index contributed by atoms with van der Waals surface area (Å²) in [5, 5.41) is 10.2. The molecule has 6 N–H and O–H groups in total. The van der Waals surface area contributed by atoms with Crippen molar-refractivity contribution in [1.29, 1.82) is 5.41 Å². The highest BCUT2D eigenvalue weighted by molar-refractivity contribution is 6.05. The third kappa shape index (κ3) is 4.66. The molecule has 1 amide bonds. The van der Waals surface area contributed by atoms with Crippen molar-refractivity contribution in [3.8, 4) is 11.3 Å². The number of halogens is 3. The van der Waals surface area contributed by atoms with Crippen LogP contribution in [0, 0.1) is 19.3 Å². The summed E-state index contributed by atoms with van der Waals surface area (Å²) in [5.41, 5.74) is 14.0. The number of hydrogen-bond acceptors (Lipinski definition) is 4. The van der Waals surface area contributed by atoms with Gasteiger partial charge in [0, 0.05) is 16.8 Å². The zero-order valence-corrected chi connectivity index (χ0v) is 16.8. The van der Waals surface area contributed by atoms with E-state index in [1.54, 1.807) is 31.2 Å². The Bertz CT molecular complexity index is 1160. The number of alkyl halides is 3. The normalized spacial score (nSPS) is 11.3.